The molecule has 2 aromatic rings. The number of carbonyl (C=O) groups is 2. The van der Waals surface area contributed by atoms with Crippen molar-refractivity contribution in [1.29, 1.82) is 0 Å². The first-order valence-electron chi connectivity index (χ1n) is 9.42. The van der Waals surface area contributed by atoms with E-state index in [-0.39, 0.29) is 41.0 Å². The summed E-state index contributed by atoms with van der Waals surface area (Å²) >= 11 is 0. The summed E-state index contributed by atoms with van der Waals surface area (Å²) in [5.74, 6) is 0.212. The highest BCUT2D eigenvalue weighted by Crippen LogP contribution is 2.33. The van der Waals surface area contributed by atoms with Crippen LogP contribution in [0.2, 0.25) is 0 Å². The second-order valence-corrected chi connectivity index (χ2v) is 7.47. The van der Waals surface area contributed by atoms with Crippen molar-refractivity contribution in [3.63, 3.8) is 0 Å². The fraction of sp³-hybridized carbons (Fsp3) is 0.450. The maximum Gasteiger partial charge on any atom is 0.257 e. The van der Waals surface area contributed by atoms with Gasteiger partial charge < -0.3 is 20.1 Å². The third-order valence-electron chi connectivity index (χ3n) is 5.56. The number of benzene rings is 1. The highest BCUT2D eigenvalue weighted by atomic mass is 16.5. The van der Waals surface area contributed by atoms with E-state index in [2.05, 4.69) is 10.4 Å². The van der Waals surface area contributed by atoms with E-state index in [0.29, 0.717) is 18.8 Å². The second kappa shape index (κ2) is 7.18. The van der Waals surface area contributed by atoms with Crippen LogP contribution in [0.3, 0.4) is 0 Å². The lowest BCUT2D eigenvalue weighted by Crippen LogP contribution is -2.41. The van der Waals surface area contributed by atoms with Gasteiger partial charge in [-0.1, -0.05) is 0 Å². The summed E-state index contributed by atoms with van der Waals surface area (Å²) in [5.41, 5.74) is 1.16. The lowest BCUT2D eigenvalue weighted by Gasteiger charge is -2.19. The van der Waals surface area contributed by atoms with Crippen LogP contribution in [-0.2, 0) is 11.8 Å². The van der Waals surface area contributed by atoms with E-state index in [1.807, 2.05) is 13.1 Å². The molecule has 2 N–H and O–H groups in total. The molecular weight excluding hydrogens is 360 g/mol. The number of hydrogen-bond acceptors (Lipinski definition) is 5. The SMILES string of the molecule is COc1ccc(O)c(C(=O)N2C[C@@H](NC(=O)C3CC3)[C@H](c3ccnn3C)C2)c1. The first-order chi connectivity index (χ1) is 13.5. The Kier molecular flexibility index (Phi) is 4.70. The molecule has 148 valence electrons. The Labute approximate surface area is 163 Å². The van der Waals surface area contributed by atoms with Crippen LogP contribution in [0.15, 0.2) is 30.5 Å². The normalized spacial score (nSPS) is 21.6. The highest BCUT2D eigenvalue weighted by molar-refractivity contribution is 5.97. The first-order valence-corrected chi connectivity index (χ1v) is 9.42. The van der Waals surface area contributed by atoms with Gasteiger partial charge in [0.1, 0.15) is 11.5 Å². The van der Waals surface area contributed by atoms with Crippen molar-refractivity contribution in [2.24, 2.45) is 13.0 Å². The molecule has 0 spiro atoms. The molecule has 1 aromatic heterocycles. The molecule has 0 radical (unpaired) electrons. The molecule has 0 bridgehead atoms. The number of phenols is 1. The first kappa shape index (κ1) is 18.3. The van der Waals surface area contributed by atoms with Gasteiger partial charge in [-0.15, -0.1) is 0 Å². The number of amides is 2. The Morgan fingerprint density at radius 2 is 2.04 bits per heavy atom. The quantitative estimate of drug-likeness (QED) is 0.809. The maximum absolute atomic E-state index is 13.1. The number of methoxy groups -OCH3 is 1. The van der Waals surface area contributed by atoms with Crippen LogP contribution in [0, 0.1) is 5.92 Å². The van der Waals surface area contributed by atoms with E-state index in [1.54, 1.807) is 21.8 Å². The monoisotopic (exact) mass is 384 g/mol. The van der Waals surface area contributed by atoms with Gasteiger partial charge in [-0.2, -0.15) is 5.10 Å². The standard InChI is InChI=1S/C20H24N4O4/c1-23-17(7-8-21-23)15-10-24(11-16(15)22-19(26)12-3-4-12)20(27)14-9-13(28-2)5-6-18(14)25/h5-9,12,15-16,25H,3-4,10-11H2,1-2H3,(H,22,26)/t15-,16-/m1/s1. The Hall–Kier alpha value is -3.03. The molecule has 8 nitrogen and oxygen atoms in total. The molecule has 2 heterocycles. The van der Waals surface area contributed by atoms with Crippen molar-refractivity contribution in [1.82, 2.24) is 20.0 Å². The number of phenolic OH excluding ortho intramolecular Hbond substituents is 1. The number of likely N-dealkylation sites (tertiary alicyclic amines) is 1. The summed E-state index contributed by atoms with van der Waals surface area (Å²) in [5, 5.41) is 17.5. The van der Waals surface area contributed by atoms with Crippen molar-refractivity contribution in [3.8, 4) is 11.5 Å². The number of carbonyl (C=O) groups excluding carboxylic acids is 2. The molecule has 1 aromatic carbocycles. The molecule has 28 heavy (non-hydrogen) atoms. The number of nitrogens with one attached hydrogen (secondary N) is 1. The van der Waals surface area contributed by atoms with Crippen LogP contribution in [0.4, 0.5) is 0 Å². The average molecular weight is 384 g/mol. The van der Waals surface area contributed by atoms with Gasteiger partial charge in [0.05, 0.1) is 18.7 Å². The Balaban J connectivity index is 1.59. The zero-order valence-corrected chi connectivity index (χ0v) is 16.0. The number of aromatic hydroxyl groups is 1. The van der Waals surface area contributed by atoms with E-state index < -0.39 is 0 Å². The fourth-order valence-corrected chi connectivity index (χ4v) is 3.79. The van der Waals surface area contributed by atoms with Gasteiger partial charge in [0.2, 0.25) is 5.91 Å². The maximum atomic E-state index is 13.1. The highest BCUT2D eigenvalue weighted by Gasteiger charge is 2.41. The number of aryl methyl sites for hydroxylation is 1. The molecule has 4 rings (SSSR count). The van der Waals surface area contributed by atoms with Gasteiger partial charge in [0, 0.05) is 43.9 Å². The smallest absolute Gasteiger partial charge is 0.257 e. The summed E-state index contributed by atoms with van der Waals surface area (Å²) < 4.78 is 6.95. The van der Waals surface area contributed by atoms with Gasteiger partial charge in [-0.05, 0) is 37.1 Å². The summed E-state index contributed by atoms with van der Waals surface area (Å²) in [6.45, 7) is 0.814. The van der Waals surface area contributed by atoms with Crippen molar-refractivity contribution in [2.45, 2.75) is 24.8 Å². The lowest BCUT2D eigenvalue weighted by atomic mass is 9.99. The van der Waals surface area contributed by atoms with Crippen molar-refractivity contribution in [2.75, 3.05) is 20.2 Å². The van der Waals surface area contributed by atoms with E-state index in [0.717, 1.165) is 18.5 Å². The molecule has 1 saturated heterocycles. The minimum atomic E-state index is -0.285. The molecule has 2 aliphatic rings. The average Bonchev–Trinajstić information content (AvgIpc) is 3.34. The zero-order chi connectivity index (χ0) is 19.8. The van der Waals surface area contributed by atoms with Crippen LogP contribution in [0.1, 0.15) is 34.8 Å². The molecule has 2 fully saturated rings. The number of ether oxygens (including phenoxy) is 1. The van der Waals surface area contributed by atoms with Gasteiger partial charge in [-0.25, -0.2) is 0 Å². The zero-order valence-electron chi connectivity index (χ0n) is 16.0. The summed E-state index contributed by atoms with van der Waals surface area (Å²) in [6.07, 6.45) is 3.57. The van der Waals surface area contributed by atoms with Crippen molar-refractivity contribution < 1.29 is 19.4 Å². The van der Waals surface area contributed by atoms with Crippen LogP contribution in [0.25, 0.3) is 0 Å². The third-order valence-corrected chi connectivity index (χ3v) is 5.56. The summed E-state index contributed by atoms with van der Waals surface area (Å²) in [4.78, 5) is 27.1. The van der Waals surface area contributed by atoms with Gasteiger partial charge in [0.25, 0.3) is 5.91 Å². The minimum Gasteiger partial charge on any atom is -0.507 e. The molecule has 2 atom stereocenters. The number of hydrogen-bond donors (Lipinski definition) is 2. The molecule has 1 aliphatic heterocycles. The Morgan fingerprint density at radius 1 is 1.25 bits per heavy atom. The largest absolute Gasteiger partial charge is 0.507 e. The van der Waals surface area contributed by atoms with Gasteiger partial charge in [-0.3, -0.25) is 14.3 Å². The fourth-order valence-electron chi connectivity index (χ4n) is 3.79. The third kappa shape index (κ3) is 3.42. The predicted molar refractivity (Wildman–Crippen MR) is 101 cm³/mol. The van der Waals surface area contributed by atoms with Crippen LogP contribution in [0.5, 0.6) is 11.5 Å². The summed E-state index contributed by atoms with van der Waals surface area (Å²) in [7, 11) is 3.37. The number of nitrogens with zero attached hydrogens (tertiary/aromatic N) is 3. The molecule has 1 aliphatic carbocycles. The Morgan fingerprint density at radius 3 is 2.68 bits per heavy atom. The van der Waals surface area contributed by atoms with Gasteiger partial charge in [0.15, 0.2) is 0 Å². The summed E-state index contributed by atoms with van der Waals surface area (Å²) in [6, 6.07) is 6.31. The molecule has 2 amide bonds. The molecule has 1 saturated carbocycles. The lowest BCUT2D eigenvalue weighted by molar-refractivity contribution is -0.123. The van der Waals surface area contributed by atoms with Crippen molar-refractivity contribution in [3.05, 3.63) is 41.7 Å². The second-order valence-electron chi connectivity index (χ2n) is 7.47. The van der Waals surface area contributed by atoms with E-state index in [4.69, 9.17) is 4.74 Å². The van der Waals surface area contributed by atoms with E-state index in [1.165, 1.54) is 19.2 Å². The molecule has 0 unspecified atom stereocenters. The van der Waals surface area contributed by atoms with Crippen LogP contribution >= 0.6 is 0 Å². The topological polar surface area (TPSA) is 96.7 Å². The van der Waals surface area contributed by atoms with Crippen LogP contribution < -0.4 is 10.1 Å². The van der Waals surface area contributed by atoms with E-state index in [9.17, 15) is 14.7 Å². The predicted octanol–water partition coefficient (Wildman–Crippen LogP) is 1.27. The number of rotatable bonds is 5. The molecule has 8 heteroatoms. The van der Waals surface area contributed by atoms with Crippen molar-refractivity contribution >= 4 is 11.8 Å². The number of aromatic nitrogens is 2. The molecular formula is C20H24N4O4. The van der Waals surface area contributed by atoms with Gasteiger partial charge >= 0.3 is 0 Å². The Bertz CT molecular complexity index is 905. The van der Waals surface area contributed by atoms with E-state index >= 15 is 0 Å². The van der Waals surface area contributed by atoms with Crippen LogP contribution in [-0.4, -0.2) is 57.8 Å². The minimum absolute atomic E-state index is 0.0516.